The van der Waals surface area contributed by atoms with Crippen molar-refractivity contribution in [2.45, 2.75) is 19.3 Å². The highest BCUT2D eigenvalue weighted by Crippen LogP contribution is 2.16. The van der Waals surface area contributed by atoms with Gasteiger partial charge in [-0.05, 0) is 19.3 Å². The van der Waals surface area contributed by atoms with Crippen molar-refractivity contribution in [3.8, 4) is 0 Å². The zero-order valence-electron chi connectivity index (χ0n) is 11.2. The fourth-order valence-electron chi connectivity index (χ4n) is 2.00. The molecule has 7 heteroatoms. The Kier molecular flexibility index (Phi) is 6.27. The minimum absolute atomic E-state index is 0.186. The van der Waals surface area contributed by atoms with Crippen LogP contribution in [0.5, 0.6) is 0 Å². The van der Waals surface area contributed by atoms with Crippen molar-refractivity contribution >= 4 is 17.7 Å². The second-order valence-corrected chi connectivity index (χ2v) is 4.57. The van der Waals surface area contributed by atoms with Gasteiger partial charge in [0.1, 0.15) is 0 Å². The van der Waals surface area contributed by atoms with Gasteiger partial charge in [-0.15, -0.1) is 0 Å². The molecular weight excluding hydrogens is 250 g/mol. The standard InChI is InChI=1S/C12H21N3O4/c1-19-8-2-5-14-11(17)12(18)15-6-3-9(4-7-15)10(13)16/h9H,2-8H2,1H3,(H2,13,16)(H,14,17). The molecule has 3 amide bonds. The minimum atomic E-state index is -0.603. The van der Waals surface area contributed by atoms with Crippen LogP contribution in [-0.4, -0.2) is 56.0 Å². The number of carbonyl (C=O) groups is 3. The number of primary amides is 1. The zero-order valence-corrected chi connectivity index (χ0v) is 11.2. The molecule has 1 aliphatic heterocycles. The van der Waals surface area contributed by atoms with Gasteiger partial charge >= 0.3 is 11.8 Å². The SMILES string of the molecule is COCCCNC(=O)C(=O)N1CCC(C(N)=O)CC1. The molecule has 1 saturated heterocycles. The van der Waals surface area contributed by atoms with Crippen LogP contribution in [0.2, 0.25) is 0 Å². The number of nitrogens with zero attached hydrogens (tertiary/aromatic N) is 1. The Bertz CT molecular complexity index is 338. The summed E-state index contributed by atoms with van der Waals surface area (Å²) in [6.07, 6.45) is 1.72. The summed E-state index contributed by atoms with van der Waals surface area (Å²) in [5, 5.41) is 2.55. The number of rotatable bonds is 5. The summed E-state index contributed by atoms with van der Waals surface area (Å²) >= 11 is 0. The Hall–Kier alpha value is -1.63. The molecule has 1 rings (SSSR count). The minimum Gasteiger partial charge on any atom is -0.385 e. The highest BCUT2D eigenvalue weighted by Gasteiger charge is 2.28. The van der Waals surface area contributed by atoms with E-state index in [1.54, 1.807) is 7.11 Å². The molecule has 0 radical (unpaired) electrons. The highest BCUT2D eigenvalue weighted by molar-refractivity contribution is 6.35. The molecule has 1 heterocycles. The Morgan fingerprint density at radius 3 is 2.47 bits per heavy atom. The molecule has 19 heavy (non-hydrogen) atoms. The topological polar surface area (TPSA) is 102 Å². The summed E-state index contributed by atoms with van der Waals surface area (Å²) in [4.78, 5) is 35.8. The van der Waals surface area contributed by atoms with E-state index in [-0.39, 0.29) is 11.8 Å². The van der Waals surface area contributed by atoms with E-state index in [0.717, 1.165) is 0 Å². The second-order valence-electron chi connectivity index (χ2n) is 4.57. The van der Waals surface area contributed by atoms with E-state index in [0.29, 0.717) is 45.5 Å². The molecule has 0 unspecified atom stereocenters. The van der Waals surface area contributed by atoms with Gasteiger partial charge in [0.2, 0.25) is 5.91 Å². The van der Waals surface area contributed by atoms with E-state index < -0.39 is 11.8 Å². The summed E-state index contributed by atoms with van der Waals surface area (Å²) in [6.45, 7) is 1.75. The summed E-state index contributed by atoms with van der Waals surface area (Å²) in [6, 6.07) is 0. The zero-order chi connectivity index (χ0) is 14.3. The fourth-order valence-corrected chi connectivity index (χ4v) is 2.00. The van der Waals surface area contributed by atoms with Crippen LogP contribution < -0.4 is 11.1 Å². The van der Waals surface area contributed by atoms with Crippen molar-refractivity contribution in [3.63, 3.8) is 0 Å². The first kappa shape index (κ1) is 15.4. The monoisotopic (exact) mass is 271 g/mol. The van der Waals surface area contributed by atoms with E-state index in [1.807, 2.05) is 0 Å². The van der Waals surface area contributed by atoms with Gasteiger partial charge in [0.25, 0.3) is 0 Å². The third-order valence-corrected chi connectivity index (χ3v) is 3.19. The van der Waals surface area contributed by atoms with Crippen LogP contribution >= 0.6 is 0 Å². The first-order chi connectivity index (χ1) is 9.06. The lowest BCUT2D eigenvalue weighted by Gasteiger charge is -2.29. The number of ether oxygens (including phenoxy) is 1. The molecule has 0 aliphatic carbocycles. The third kappa shape index (κ3) is 4.86. The number of nitrogens with two attached hydrogens (primary N) is 1. The van der Waals surface area contributed by atoms with Crippen LogP contribution in [-0.2, 0) is 19.1 Å². The molecule has 1 aliphatic rings. The molecule has 0 aromatic rings. The Morgan fingerprint density at radius 2 is 1.95 bits per heavy atom. The molecule has 0 atom stereocenters. The van der Waals surface area contributed by atoms with Gasteiger partial charge in [-0.3, -0.25) is 14.4 Å². The van der Waals surface area contributed by atoms with Gasteiger partial charge in [-0.2, -0.15) is 0 Å². The molecule has 0 aromatic heterocycles. The Balaban J connectivity index is 2.30. The molecular formula is C12H21N3O4. The predicted octanol–water partition coefficient (Wildman–Crippen LogP) is -1.14. The lowest BCUT2D eigenvalue weighted by Crippen LogP contribution is -2.48. The maximum Gasteiger partial charge on any atom is 0.311 e. The summed E-state index contributed by atoms with van der Waals surface area (Å²) in [5.41, 5.74) is 5.21. The first-order valence-corrected chi connectivity index (χ1v) is 6.41. The van der Waals surface area contributed by atoms with Crippen LogP contribution in [0.25, 0.3) is 0 Å². The van der Waals surface area contributed by atoms with Gasteiger partial charge in [0.15, 0.2) is 0 Å². The molecule has 108 valence electrons. The molecule has 0 aromatic carbocycles. The summed E-state index contributed by atoms with van der Waals surface area (Å²) in [7, 11) is 1.58. The van der Waals surface area contributed by atoms with E-state index in [4.69, 9.17) is 10.5 Å². The van der Waals surface area contributed by atoms with Gasteiger partial charge in [0.05, 0.1) is 0 Å². The number of carbonyl (C=O) groups excluding carboxylic acids is 3. The number of nitrogens with one attached hydrogen (secondary N) is 1. The van der Waals surface area contributed by atoms with Crippen LogP contribution in [0.4, 0.5) is 0 Å². The van der Waals surface area contributed by atoms with E-state index in [2.05, 4.69) is 5.32 Å². The fraction of sp³-hybridized carbons (Fsp3) is 0.750. The lowest BCUT2D eigenvalue weighted by atomic mass is 9.96. The molecule has 0 bridgehead atoms. The van der Waals surface area contributed by atoms with Gasteiger partial charge in [0, 0.05) is 39.3 Å². The molecule has 0 saturated carbocycles. The van der Waals surface area contributed by atoms with E-state index in [1.165, 1.54) is 4.90 Å². The smallest absolute Gasteiger partial charge is 0.311 e. The highest BCUT2D eigenvalue weighted by atomic mass is 16.5. The third-order valence-electron chi connectivity index (χ3n) is 3.19. The molecule has 0 spiro atoms. The normalized spacial score (nSPS) is 16.2. The molecule has 3 N–H and O–H groups in total. The maximum atomic E-state index is 11.8. The van der Waals surface area contributed by atoms with Crippen LogP contribution in [0.1, 0.15) is 19.3 Å². The average Bonchev–Trinajstić information content (AvgIpc) is 2.42. The number of methoxy groups -OCH3 is 1. The molecule has 1 fully saturated rings. The van der Waals surface area contributed by atoms with Crippen molar-refractivity contribution in [2.24, 2.45) is 11.7 Å². The number of amides is 3. The van der Waals surface area contributed by atoms with Crippen molar-refractivity contribution in [1.29, 1.82) is 0 Å². The number of likely N-dealkylation sites (tertiary alicyclic amines) is 1. The van der Waals surface area contributed by atoms with E-state index >= 15 is 0 Å². The van der Waals surface area contributed by atoms with Gasteiger partial charge in [-0.1, -0.05) is 0 Å². The largest absolute Gasteiger partial charge is 0.385 e. The average molecular weight is 271 g/mol. The number of hydrogen-bond donors (Lipinski definition) is 2. The Labute approximate surface area is 112 Å². The predicted molar refractivity (Wildman–Crippen MR) is 68.0 cm³/mol. The molecule has 7 nitrogen and oxygen atoms in total. The second kappa shape index (κ2) is 7.73. The maximum absolute atomic E-state index is 11.8. The van der Waals surface area contributed by atoms with Gasteiger partial charge < -0.3 is 20.7 Å². The summed E-state index contributed by atoms with van der Waals surface area (Å²) in [5.74, 6) is -1.67. The quantitative estimate of drug-likeness (QED) is 0.487. The van der Waals surface area contributed by atoms with Crippen molar-refractivity contribution in [3.05, 3.63) is 0 Å². The van der Waals surface area contributed by atoms with Crippen molar-refractivity contribution < 1.29 is 19.1 Å². The van der Waals surface area contributed by atoms with Crippen LogP contribution in [0.3, 0.4) is 0 Å². The lowest BCUT2D eigenvalue weighted by molar-refractivity contribution is -0.147. The number of hydrogen-bond acceptors (Lipinski definition) is 4. The first-order valence-electron chi connectivity index (χ1n) is 6.41. The van der Waals surface area contributed by atoms with E-state index in [9.17, 15) is 14.4 Å². The van der Waals surface area contributed by atoms with Gasteiger partial charge in [-0.25, -0.2) is 0 Å². The van der Waals surface area contributed by atoms with Crippen molar-refractivity contribution in [2.75, 3.05) is 33.4 Å². The van der Waals surface area contributed by atoms with Crippen LogP contribution in [0, 0.1) is 5.92 Å². The van der Waals surface area contributed by atoms with Crippen LogP contribution in [0.15, 0.2) is 0 Å². The summed E-state index contributed by atoms with van der Waals surface area (Å²) < 4.78 is 4.84. The Morgan fingerprint density at radius 1 is 1.32 bits per heavy atom. The number of piperidine rings is 1. The van der Waals surface area contributed by atoms with Crippen molar-refractivity contribution in [1.82, 2.24) is 10.2 Å².